The molecule has 0 unspecified atom stereocenters. The number of carbonyl (C=O) groups is 2. The zero-order chi connectivity index (χ0) is 12.0. The van der Waals surface area contributed by atoms with Crippen molar-refractivity contribution in [3.63, 3.8) is 0 Å². The second-order valence-electron chi connectivity index (χ2n) is 5.36. The van der Waals surface area contributed by atoms with Gasteiger partial charge in [0.1, 0.15) is 5.41 Å². The normalized spacial score (nSPS) is 33.1. The highest BCUT2D eigenvalue weighted by Crippen LogP contribution is 2.49. The average molecular weight is 235 g/mol. The fourth-order valence-corrected chi connectivity index (χ4v) is 3.18. The summed E-state index contributed by atoms with van der Waals surface area (Å²) < 4.78 is 0. The quantitative estimate of drug-likeness (QED) is 0.795. The SMILES string of the molecule is O=C1CC[C@@]2(C(=O)O)CCCC=C2N1C1CC1. The fraction of sp³-hybridized carbons (Fsp3) is 0.692. The minimum atomic E-state index is -0.769. The predicted octanol–water partition coefficient (Wildman–Crippen LogP) is 1.91. The van der Waals surface area contributed by atoms with E-state index in [1.807, 2.05) is 6.08 Å². The number of hydrogen-bond acceptors (Lipinski definition) is 2. The van der Waals surface area contributed by atoms with Crippen molar-refractivity contribution in [2.24, 2.45) is 5.41 Å². The highest BCUT2D eigenvalue weighted by atomic mass is 16.4. The number of carbonyl (C=O) groups excluding carboxylic acids is 1. The highest BCUT2D eigenvalue weighted by Gasteiger charge is 2.52. The molecule has 0 bridgehead atoms. The van der Waals surface area contributed by atoms with Crippen LogP contribution in [0.25, 0.3) is 0 Å². The van der Waals surface area contributed by atoms with Crippen molar-refractivity contribution in [3.05, 3.63) is 11.8 Å². The molecule has 92 valence electrons. The number of amides is 1. The Bertz CT molecular complexity index is 411. The van der Waals surface area contributed by atoms with Crippen molar-refractivity contribution in [3.8, 4) is 0 Å². The van der Waals surface area contributed by atoms with Crippen molar-refractivity contribution in [1.82, 2.24) is 4.90 Å². The Morgan fingerprint density at radius 3 is 2.82 bits per heavy atom. The van der Waals surface area contributed by atoms with Crippen LogP contribution in [0.5, 0.6) is 0 Å². The van der Waals surface area contributed by atoms with Crippen LogP contribution in [0.1, 0.15) is 44.9 Å². The van der Waals surface area contributed by atoms with Gasteiger partial charge in [0.05, 0.1) is 0 Å². The molecule has 2 fully saturated rings. The van der Waals surface area contributed by atoms with Crippen molar-refractivity contribution in [2.45, 2.75) is 51.0 Å². The van der Waals surface area contributed by atoms with Crippen LogP contribution in [-0.4, -0.2) is 27.9 Å². The molecule has 3 aliphatic rings. The van der Waals surface area contributed by atoms with Gasteiger partial charge in [-0.25, -0.2) is 0 Å². The van der Waals surface area contributed by atoms with Gasteiger partial charge in [0.15, 0.2) is 0 Å². The minimum Gasteiger partial charge on any atom is -0.481 e. The van der Waals surface area contributed by atoms with E-state index in [2.05, 4.69) is 0 Å². The van der Waals surface area contributed by atoms with Crippen LogP contribution in [0.2, 0.25) is 0 Å². The van der Waals surface area contributed by atoms with E-state index in [0.717, 1.165) is 31.4 Å². The Balaban J connectivity index is 2.03. The summed E-state index contributed by atoms with van der Waals surface area (Å²) in [5.74, 6) is -0.626. The molecule has 3 rings (SSSR count). The zero-order valence-corrected chi connectivity index (χ0v) is 9.82. The molecule has 0 spiro atoms. The first kappa shape index (κ1) is 10.8. The molecule has 1 saturated carbocycles. The number of carboxylic acid groups (broad SMARTS) is 1. The average Bonchev–Trinajstić information content (AvgIpc) is 3.13. The third kappa shape index (κ3) is 1.50. The summed E-state index contributed by atoms with van der Waals surface area (Å²) >= 11 is 0. The number of likely N-dealkylation sites (tertiary alicyclic amines) is 1. The third-order valence-corrected chi connectivity index (χ3v) is 4.25. The summed E-state index contributed by atoms with van der Waals surface area (Å²) in [4.78, 5) is 25.4. The summed E-state index contributed by atoms with van der Waals surface area (Å²) in [5, 5.41) is 9.55. The van der Waals surface area contributed by atoms with Gasteiger partial charge >= 0.3 is 5.97 Å². The lowest BCUT2D eigenvalue weighted by molar-refractivity contribution is -0.153. The molecule has 1 aliphatic heterocycles. The number of allylic oxidation sites excluding steroid dienone is 1. The van der Waals surface area contributed by atoms with Crippen molar-refractivity contribution in [2.75, 3.05) is 0 Å². The van der Waals surface area contributed by atoms with Gasteiger partial charge < -0.3 is 10.0 Å². The van der Waals surface area contributed by atoms with Crippen LogP contribution in [0, 0.1) is 5.41 Å². The van der Waals surface area contributed by atoms with Gasteiger partial charge in [0, 0.05) is 18.2 Å². The molecular formula is C13H17NO3. The zero-order valence-electron chi connectivity index (χ0n) is 9.82. The van der Waals surface area contributed by atoms with E-state index in [0.29, 0.717) is 19.3 Å². The second-order valence-corrected chi connectivity index (χ2v) is 5.36. The van der Waals surface area contributed by atoms with E-state index in [-0.39, 0.29) is 11.9 Å². The predicted molar refractivity (Wildman–Crippen MR) is 61.1 cm³/mol. The smallest absolute Gasteiger partial charge is 0.315 e. The summed E-state index contributed by atoms with van der Waals surface area (Å²) in [7, 11) is 0. The molecule has 0 aromatic rings. The molecule has 1 N–H and O–H groups in total. The molecule has 1 atom stereocenters. The summed E-state index contributed by atoms with van der Waals surface area (Å²) in [6, 6.07) is 0.283. The number of rotatable bonds is 2. The van der Waals surface area contributed by atoms with Gasteiger partial charge in [-0.3, -0.25) is 9.59 Å². The molecule has 4 heteroatoms. The molecule has 4 nitrogen and oxygen atoms in total. The van der Waals surface area contributed by atoms with Crippen LogP contribution in [0.15, 0.2) is 11.8 Å². The van der Waals surface area contributed by atoms with Gasteiger partial charge in [0.2, 0.25) is 5.91 Å². The number of aliphatic carboxylic acids is 1. The molecule has 17 heavy (non-hydrogen) atoms. The Labute approximate surface area is 100 Å². The van der Waals surface area contributed by atoms with Crippen LogP contribution >= 0.6 is 0 Å². The van der Waals surface area contributed by atoms with E-state index >= 15 is 0 Å². The first-order chi connectivity index (χ1) is 8.15. The maximum Gasteiger partial charge on any atom is 0.315 e. The van der Waals surface area contributed by atoms with Crippen molar-refractivity contribution < 1.29 is 14.7 Å². The van der Waals surface area contributed by atoms with Crippen molar-refractivity contribution in [1.29, 1.82) is 0 Å². The van der Waals surface area contributed by atoms with E-state index in [9.17, 15) is 14.7 Å². The summed E-state index contributed by atoms with van der Waals surface area (Å²) in [6.45, 7) is 0. The highest BCUT2D eigenvalue weighted by molar-refractivity contribution is 5.87. The first-order valence-electron chi connectivity index (χ1n) is 6.41. The summed E-state index contributed by atoms with van der Waals surface area (Å²) in [6.07, 6.45) is 7.43. The fourth-order valence-electron chi connectivity index (χ4n) is 3.18. The van der Waals surface area contributed by atoms with E-state index in [1.54, 1.807) is 4.90 Å². The molecule has 0 aromatic carbocycles. The largest absolute Gasteiger partial charge is 0.481 e. The lowest BCUT2D eigenvalue weighted by Gasteiger charge is -2.44. The number of piperidine rings is 1. The summed E-state index contributed by atoms with van der Waals surface area (Å²) in [5.41, 5.74) is 0.0318. The van der Waals surface area contributed by atoms with Crippen LogP contribution in [0.4, 0.5) is 0 Å². The monoisotopic (exact) mass is 235 g/mol. The van der Waals surface area contributed by atoms with Crippen LogP contribution in [0.3, 0.4) is 0 Å². The van der Waals surface area contributed by atoms with Gasteiger partial charge in [-0.15, -0.1) is 0 Å². The Kier molecular flexibility index (Phi) is 2.28. The van der Waals surface area contributed by atoms with Crippen LogP contribution in [-0.2, 0) is 9.59 Å². The second kappa shape index (κ2) is 3.59. The van der Waals surface area contributed by atoms with E-state index in [4.69, 9.17) is 0 Å². The maximum absolute atomic E-state index is 12.0. The van der Waals surface area contributed by atoms with Gasteiger partial charge in [-0.1, -0.05) is 6.08 Å². The topological polar surface area (TPSA) is 57.6 Å². The third-order valence-electron chi connectivity index (χ3n) is 4.25. The van der Waals surface area contributed by atoms with Gasteiger partial charge in [0.25, 0.3) is 0 Å². The van der Waals surface area contributed by atoms with E-state index in [1.165, 1.54) is 0 Å². The minimum absolute atomic E-state index is 0.123. The van der Waals surface area contributed by atoms with Gasteiger partial charge in [-0.2, -0.15) is 0 Å². The maximum atomic E-state index is 12.0. The lowest BCUT2D eigenvalue weighted by atomic mass is 9.70. The lowest BCUT2D eigenvalue weighted by Crippen LogP contribution is -2.50. The molecule has 1 heterocycles. The Morgan fingerprint density at radius 1 is 1.41 bits per heavy atom. The van der Waals surface area contributed by atoms with Crippen LogP contribution < -0.4 is 0 Å². The Morgan fingerprint density at radius 2 is 2.18 bits per heavy atom. The molecule has 1 saturated heterocycles. The number of carboxylic acids is 1. The van der Waals surface area contributed by atoms with E-state index < -0.39 is 11.4 Å². The number of nitrogens with zero attached hydrogens (tertiary/aromatic N) is 1. The molecular weight excluding hydrogens is 218 g/mol. The standard InChI is InChI=1S/C13H17NO3/c15-11-6-8-13(12(16)17)7-2-1-3-10(13)14(11)9-4-5-9/h3,9H,1-2,4-8H2,(H,16,17)/t13-/m0/s1. The number of fused-ring (bicyclic) bond motifs is 1. The molecule has 1 amide bonds. The molecule has 0 radical (unpaired) electrons. The molecule has 2 aliphatic carbocycles. The first-order valence-corrected chi connectivity index (χ1v) is 6.41. The van der Waals surface area contributed by atoms with Crippen molar-refractivity contribution >= 4 is 11.9 Å². The number of hydrogen-bond donors (Lipinski definition) is 1. The Hall–Kier alpha value is -1.32. The molecule has 0 aromatic heterocycles. The van der Waals surface area contributed by atoms with Gasteiger partial charge in [-0.05, 0) is 38.5 Å².